The normalized spacial score (nSPS) is 10.9. The summed E-state index contributed by atoms with van der Waals surface area (Å²) in [6.45, 7) is 5.89. The third kappa shape index (κ3) is 7.15. The summed E-state index contributed by atoms with van der Waals surface area (Å²) in [4.78, 5) is 11.5. The zero-order valence-corrected chi connectivity index (χ0v) is 13.9. The minimum atomic E-state index is -0.504. The lowest BCUT2D eigenvalue weighted by Crippen LogP contribution is -2.33. The van der Waals surface area contributed by atoms with Gasteiger partial charge in [-0.05, 0) is 57.1 Å². The fraction of sp³-hybridized carbons (Fsp3) is 0.429. The van der Waals surface area contributed by atoms with Crippen molar-refractivity contribution in [3.63, 3.8) is 0 Å². The molecular weight excluding hydrogens is 310 g/mol. The van der Waals surface area contributed by atoms with Crippen LogP contribution in [-0.2, 0) is 11.2 Å². The minimum absolute atomic E-state index is 0.186. The summed E-state index contributed by atoms with van der Waals surface area (Å²) in [5.41, 5.74) is 6.54. The molecule has 5 nitrogen and oxygen atoms in total. The fourth-order valence-corrected chi connectivity index (χ4v) is 1.98. The molecule has 0 spiro atoms. The van der Waals surface area contributed by atoms with Crippen LogP contribution in [0, 0.1) is 0 Å². The molecule has 7 heteroatoms. The average Bonchev–Trinajstić information content (AvgIpc) is 2.28. The molecule has 1 aromatic carbocycles. The van der Waals surface area contributed by atoms with E-state index in [-0.39, 0.29) is 5.11 Å². The van der Waals surface area contributed by atoms with Crippen LogP contribution in [0.5, 0.6) is 0 Å². The highest BCUT2D eigenvalue weighted by Crippen LogP contribution is 2.21. The Morgan fingerprint density at radius 2 is 2.10 bits per heavy atom. The molecule has 21 heavy (non-hydrogen) atoms. The zero-order chi connectivity index (χ0) is 16.0. The molecule has 0 aliphatic carbocycles. The molecule has 0 aliphatic heterocycles. The van der Waals surface area contributed by atoms with Crippen molar-refractivity contribution in [1.82, 2.24) is 5.32 Å². The first-order valence-corrected chi connectivity index (χ1v) is 7.28. The van der Waals surface area contributed by atoms with E-state index in [0.29, 0.717) is 18.0 Å². The Balaban J connectivity index is 2.49. The number of anilines is 1. The highest BCUT2D eigenvalue weighted by atomic mass is 35.5. The first-order valence-electron chi connectivity index (χ1n) is 6.49. The topological polar surface area (TPSA) is 76.4 Å². The number of rotatable bonds is 4. The molecule has 0 radical (unpaired) electrons. The van der Waals surface area contributed by atoms with Crippen molar-refractivity contribution in [1.29, 1.82) is 0 Å². The quantitative estimate of drug-likeness (QED) is 0.740. The molecule has 1 rings (SSSR count). The molecule has 0 heterocycles. The number of nitrogens with two attached hydrogens (primary N) is 1. The first-order chi connectivity index (χ1) is 9.67. The zero-order valence-electron chi connectivity index (χ0n) is 12.3. The summed E-state index contributed by atoms with van der Waals surface area (Å²) in [6, 6.07) is 5.43. The predicted molar refractivity (Wildman–Crippen MR) is 89.8 cm³/mol. The van der Waals surface area contributed by atoms with Gasteiger partial charge >= 0.3 is 6.09 Å². The van der Waals surface area contributed by atoms with Gasteiger partial charge in [-0.25, -0.2) is 4.79 Å². The third-order valence-electron chi connectivity index (χ3n) is 2.38. The molecule has 0 atom stereocenters. The SMILES string of the molecule is CC(C)(C)OC(=O)NCCc1ccc(NC(N)=S)cc1Cl. The van der Waals surface area contributed by atoms with Gasteiger partial charge in [0.15, 0.2) is 5.11 Å². The van der Waals surface area contributed by atoms with Crippen molar-refractivity contribution < 1.29 is 9.53 Å². The van der Waals surface area contributed by atoms with Crippen molar-refractivity contribution in [2.45, 2.75) is 32.8 Å². The number of thiocarbonyl (C=S) groups is 1. The summed E-state index contributed by atoms with van der Waals surface area (Å²) < 4.78 is 5.15. The summed E-state index contributed by atoms with van der Waals surface area (Å²) >= 11 is 10.9. The van der Waals surface area contributed by atoms with Gasteiger partial charge in [0, 0.05) is 17.3 Å². The molecule has 0 aliphatic rings. The van der Waals surface area contributed by atoms with Crippen LogP contribution < -0.4 is 16.4 Å². The van der Waals surface area contributed by atoms with Crippen LogP contribution in [0.1, 0.15) is 26.3 Å². The van der Waals surface area contributed by atoms with Gasteiger partial charge in [0.25, 0.3) is 0 Å². The molecule has 0 saturated carbocycles. The van der Waals surface area contributed by atoms with Gasteiger partial charge in [-0.2, -0.15) is 0 Å². The Morgan fingerprint density at radius 3 is 2.62 bits per heavy atom. The van der Waals surface area contributed by atoms with Gasteiger partial charge in [-0.1, -0.05) is 17.7 Å². The van der Waals surface area contributed by atoms with Gasteiger partial charge in [-0.15, -0.1) is 0 Å². The maximum Gasteiger partial charge on any atom is 0.407 e. The summed E-state index contributed by atoms with van der Waals surface area (Å²) in [7, 11) is 0. The first kappa shape index (κ1) is 17.5. The van der Waals surface area contributed by atoms with Crippen LogP contribution >= 0.6 is 23.8 Å². The molecule has 1 amide bonds. The highest BCUT2D eigenvalue weighted by Gasteiger charge is 2.15. The van der Waals surface area contributed by atoms with E-state index in [1.807, 2.05) is 32.9 Å². The number of benzene rings is 1. The Kier molecular flexibility index (Phi) is 6.23. The second kappa shape index (κ2) is 7.47. The van der Waals surface area contributed by atoms with Crippen LogP contribution in [0.4, 0.5) is 10.5 Å². The van der Waals surface area contributed by atoms with Gasteiger partial charge < -0.3 is 21.1 Å². The van der Waals surface area contributed by atoms with Crippen molar-refractivity contribution >= 4 is 40.7 Å². The lowest BCUT2D eigenvalue weighted by atomic mass is 10.1. The van der Waals surface area contributed by atoms with Gasteiger partial charge in [-0.3, -0.25) is 0 Å². The summed E-state index contributed by atoms with van der Waals surface area (Å²) in [6.07, 6.45) is 0.163. The van der Waals surface area contributed by atoms with E-state index in [9.17, 15) is 4.79 Å². The number of hydrogen-bond donors (Lipinski definition) is 3. The molecular formula is C14H20ClN3O2S. The second-order valence-corrected chi connectivity index (χ2v) is 6.32. The van der Waals surface area contributed by atoms with Gasteiger partial charge in [0.1, 0.15) is 5.60 Å². The predicted octanol–water partition coefficient (Wildman–Crippen LogP) is 3.06. The van der Waals surface area contributed by atoms with E-state index in [0.717, 1.165) is 11.3 Å². The van der Waals surface area contributed by atoms with Crippen molar-refractivity contribution in [2.75, 3.05) is 11.9 Å². The Hall–Kier alpha value is -1.53. The van der Waals surface area contributed by atoms with E-state index >= 15 is 0 Å². The second-order valence-electron chi connectivity index (χ2n) is 5.47. The number of alkyl carbamates (subject to hydrolysis) is 1. The van der Waals surface area contributed by atoms with Crippen LogP contribution in [-0.4, -0.2) is 23.4 Å². The van der Waals surface area contributed by atoms with E-state index in [4.69, 9.17) is 34.3 Å². The maximum absolute atomic E-state index is 11.5. The van der Waals surface area contributed by atoms with E-state index in [1.54, 1.807) is 6.07 Å². The summed E-state index contributed by atoms with van der Waals surface area (Å²) in [5, 5.41) is 6.26. The smallest absolute Gasteiger partial charge is 0.407 e. The molecule has 0 bridgehead atoms. The number of nitrogens with one attached hydrogen (secondary N) is 2. The number of halogens is 1. The van der Waals surface area contributed by atoms with Crippen molar-refractivity contribution in [3.05, 3.63) is 28.8 Å². The Morgan fingerprint density at radius 1 is 1.43 bits per heavy atom. The largest absolute Gasteiger partial charge is 0.444 e. The Labute approximate surface area is 135 Å². The van der Waals surface area contributed by atoms with Crippen molar-refractivity contribution in [3.8, 4) is 0 Å². The fourth-order valence-electron chi connectivity index (χ4n) is 1.58. The minimum Gasteiger partial charge on any atom is -0.444 e. The molecule has 4 N–H and O–H groups in total. The molecule has 1 aromatic rings. The monoisotopic (exact) mass is 329 g/mol. The van der Waals surface area contributed by atoms with Gasteiger partial charge in [0.2, 0.25) is 0 Å². The third-order valence-corrected chi connectivity index (χ3v) is 2.84. The molecule has 0 unspecified atom stereocenters. The lowest BCUT2D eigenvalue weighted by Gasteiger charge is -2.19. The average molecular weight is 330 g/mol. The highest BCUT2D eigenvalue weighted by molar-refractivity contribution is 7.80. The molecule has 116 valence electrons. The Bertz CT molecular complexity index is 529. The standard InChI is InChI=1S/C14H20ClN3O2S/c1-14(2,3)20-13(19)17-7-6-9-4-5-10(8-11(9)15)18-12(16)21/h4-5,8H,6-7H2,1-3H3,(H,17,19)(H3,16,18,21). The van der Waals surface area contributed by atoms with Crippen molar-refractivity contribution in [2.24, 2.45) is 5.73 Å². The number of hydrogen-bond acceptors (Lipinski definition) is 3. The van der Waals surface area contributed by atoms with E-state index in [2.05, 4.69) is 10.6 Å². The number of amides is 1. The molecule has 0 fully saturated rings. The molecule has 0 saturated heterocycles. The van der Waals surface area contributed by atoms with Crippen LogP contribution in [0.15, 0.2) is 18.2 Å². The van der Waals surface area contributed by atoms with E-state index in [1.165, 1.54) is 0 Å². The number of carbonyl (C=O) groups excluding carboxylic acids is 1. The summed E-state index contributed by atoms with van der Waals surface area (Å²) in [5.74, 6) is 0. The van der Waals surface area contributed by atoms with E-state index < -0.39 is 11.7 Å². The number of carbonyl (C=O) groups is 1. The lowest BCUT2D eigenvalue weighted by molar-refractivity contribution is 0.0528. The van der Waals surface area contributed by atoms with Gasteiger partial charge in [0.05, 0.1) is 0 Å². The van der Waals surface area contributed by atoms with Crippen LogP contribution in [0.25, 0.3) is 0 Å². The van der Waals surface area contributed by atoms with Crippen LogP contribution in [0.2, 0.25) is 5.02 Å². The maximum atomic E-state index is 11.5. The van der Waals surface area contributed by atoms with Crippen LogP contribution in [0.3, 0.4) is 0 Å². The molecule has 0 aromatic heterocycles. The number of ether oxygens (including phenoxy) is 1.